The molecule has 20 heavy (non-hydrogen) atoms. The average Bonchev–Trinajstić information content (AvgIpc) is 2.38. The summed E-state index contributed by atoms with van der Waals surface area (Å²) in [7, 11) is 1.05. The lowest BCUT2D eigenvalue weighted by molar-refractivity contribution is 0.0956. The van der Waals surface area contributed by atoms with Gasteiger partial charge in [0.2, 0.25) is 10.0 Å². The van der Waals surface area contributed by atoms with Crippen LogP contribution in [-0.2, 0) is 10.0 Å². The normalized spacial score (nSPS) is 11.4. The van der Waals surface area contributed by atoms with Crippen molar-refractivity contribution in [3.8, 4) is 5.75 Å². The van der Waals surface area contributed by atoms with E-state index in [4.69, 9.17) is 10.5 Å². The molecule has 1 rings (SSSR count). The molecule has 0 spiro atoms. The first kappa shape index (κ1) is 16.3. The number of carbonyl (C=O) groups is 1. The van der Waals surface area contributed by atoms with Crippen LogP contribution in [0.4, 0.5) is 5.69 Å². The van der Waals surface area contributed by atoms with E-state index in [2.05, 4.69) is 5.32 Å². The van der Waals surface area contributed by atoms with E-state index in [0.717, 1.165) is 4.31 Å². The largest absolute Gasteiger partial charge is 0.495 e. The Morgan fingerprint density at radius 2 is 2.05 bits per heavy atom. The van der Waals surface area contributed by atoms with Gasteiger partial charge in [-0.15, -0.1) is 0 Å². The van der Waals surface area contributed by atoms with Crippen LogP contribution in [0.2, 0.25) is 0 Å². The van der Waals surface area contributed by atoms with E-state index in [0.29, 0.717) is 17.0 Å². The number of sulfonamides is 1. The molecule has 0 fully saturated rings. The van der Waals surface area contributed by atoms with Crippen LogP contribution >= 0.6 is 0 Å². The van der Waals surface area contributed by atoms with Crippen molar-refractivity contribution < 1.29 is 17.9 Å². The molecule has 112 valence electrons. The van der Waals surface area contributed by atoms with E-state index >= 15 is 0 Å². The minimum atomic E-state index is -3.32. The van der Waals surface area contributed by atoms with E-state index in [-0.39, 0.29) is 18.2 Å². The van der Waals surface area contributed by atoms with Crippen molar-refractivity contribution in [1.29, 1.82) is 0 Å². The third kappa shape index (κ3) is 4.10. The minimum absolute atomic E-state index is 0.0330. The van der Waals surface area contributed by atoms with Crippen molar-refractivity contribution in [3.63, 3.8) is 0 Å². The third-order valence-corrected chi connectivity index (χ3v) is 4.53. The first-order valence-electron chi connectivity index (χ1n) is 5.90. The number of carbonyl (C=O) groups excluding carboxylic acids is 1. The fourth-order valence-corrected chi connectivity index (χ4v) is 2.18. The molecule has 1 aromatic carbocycles. The number of methoxy groups -OCH3 is 1. The molecular formula is C12H19N3O4S. The van der Waals surface area contributed by atoms with Crippen LogP contribution < -0.4 is 15.8 Å². The number of nitrogen functional groups attached to an aromatic ring is 1. The maximum Gasteiger partial charge on any atom is 0.251 e. The SMILES string of the molecule is COc1ccc(C(=O)NCCS(=O)(=O)N(C)C)cc1N. The molecule has 1 aromatic rings. The Morgan fingerprint density at radius 1 is 1.40 bits per heavy atom. The zero-order chi connectivity index (χ0) is 15.3. The number of hydrogen-bond acceptors (Lipinski definition) is 5. The van der Waals surface area contributed by atoms with Crippen molar-refractivity contribution >= 4 is 21.6 Å². The van der Waals surface area contributed by atoms with Gasteiger partial charge in [-0.3, -0.25) is 4.79 Å². The lowest BCUT2D eigenvalue weighted by Crippen LogP contribution is -2.33. The van der Waals surface area contributed by atoms with Gasteiger partial charge < -0.3 is 15.8 Å². The molecule has 0 bridgehead atoms. The molecule has 3 N–H and O–H groups in total. The lowest BCUT2D eigenvalue weighted by Gasteiger charge is -2.12. The Balaban J connectivity index is 2.62. The topological polar surface area (TPSA) is 102 Å². The number of nitrogens with zero attached hydrogens (tertiary/aromatic N) is 1. The maximum absolute atomic E-state index is 11.8. The summed E-state index contributed by atoms with van der Waals surface area (Å²) in [5.41, 5.74) is 6.40. The Kier molecular flexibility index (Phi) is 5.34. The second-order valence-corrected chi connectivity index (χ2v) is 6.61. The van der Waals surface area contributed by atoms with Crippen LogP contribution in [0.1, 0.15) is 10.4 Å². The summed E-state index contributed by atoms with van der Waals surface area (Å²) in [5, 5.41) is 2.53. The van der Waals surface area contributed by atoms with Gasteiger partial charge in [-0.05, 0) is 18.2 Å². The number of amides is 1. The van der Waals surface area contributed by atoms with Crippen molar-refractivity contribution in [1.82, 2.24) is 9.62 Å². The van der Waals surface area contributed by atoms with Crippen molar-refractivity contribution in [3.05, 3.63) is 23.8 Å². The van der Waals surface area contributed by atoms with Crippen LogP contribution in [0, 0.1) is 0 Å². The Morgan fingerprint density at radius 3 is 2.55 bits per heavy atom. The van der Waals surface area contributed by atoms with Crippen LogP contribution in [-0.4, -0.2) is 52.1 Å². The summed E-state index contributed by atoms with van der Waals surface area (Å²) in [5.74, 6) is -0.0535. The van der Waals surface area contributed by atoms with E-state index < -0.39 is 10.0 Å². The molecule has 8 heteroatoms. The summed E-state index contributed by atoms with van der Waals surface area (Å²) in [6.45, 7) is 0.0330. The average molecular weight is 301 g/mol. The predicted molar refractivity (Wildman–Crippen MR) is 77.2 cm³/mol. The molecule has 0 aliphatic heterocycles. The smallest absolute Gasteiger partial charge is 0.251 e. The summed E-state index contributed by atoms with van der Waals surface area (Å²) >= 11 is 0. The number of anilines is 1. The number of benzene rings is 1. The zero-order valence-electron chi connectivity index (χ0n) is 11.7. The van der Waals surface area contributed by atoms with Crippen LogP contribution in [0.5, 0.6) is 5.75 Å². The van der Waals surface area contributed by atoms with Gasteiger partial charge >= 0.3 is 0 Å². The van der Waals surface area contributed by atoms with Crippen molar-refractivity contribution in [2.75, 3.05) is 39.2 Å². The van der Waals surface area contributed by atoms with Crippen molar-refractivity contribution in [2.24, 2.45) is 0 Å². The van der Waals surface area contributed by atoms with Crippen LogP contribution in [0.3, 0.4) is 0 Å². The fraction of sp³-hybridized carbons (Fsp3) is 0.417. The highest BCUT2D eigenvalue weighted by atomic mass is 32.2. The highest BCUT2D eigenvalue weighted by Crippen LogP contribution is 2.21. The molecule has 7 nitrogen and oxygen atoms in total. The molecule has 0 unspecified atom stereocenters. The molecule has 0 radical (unpaired) electrons. The van der Waals surface area contributed by atoms with Gasteiger partial charge in [0.05, 0.1) is 18.6 Å². The number of ether oxygens (including phenoxy) is 1. The van der Waals surface area contributed by atoms with Crippen LogP contribution in [0.25, 0.3) is 0 Å². The maximum atomic E-state index is 11.8. The Bertz CT molecular complexity index is 584. The summed E-state index contributed by atoms with van der Waals surface area (Å²) < 4.78 is 29.2. The first-order chi connectivity index (χ1) is 9.27. The lowest BCUT2D eigenvalue weighted by atomic mass is 10.2. The second-order valence-electron chi connectivity index (χ2n) is 4.31. The number of hydrogen-bond donors (Lipinski definition) is 2. The van der Waals surface area contributed by atoms with Gasteiger partial charge in [0, 0.05) is 26.2 Å². The second kappa shape index (κ2) is 6.58. The highest BCUT2D eigenvalue weighted by molar-refractivity contribution is 7.89. The molecule has 0 saturated heterocycles. The van der Waals surface area contributed by atoms with E-state index in [1.54, 1.807) is 12.1 Å². The monoisotopic (exact) mass is 301 g/mol. The molecule has 0 aromatic heterocycles. The molecule has 0 heterocycles. The first-order valence-corrected chi connectivity index (χ1v) is 7.50. The van der Waals surface area contributed by atoms with Gasteiger partial charge in [-0.2, -0.15) is 0 Å². The summed E-state index contributed by atoms with van der Waals surface area (Å²) in [4.78, 5) is 11.8. The predicted octanol–water partition coefficient (Wildman–Crippen LogP) is -0.101. The number of rotatable bonds is 6. The van der Waals surface area contributed by atoms with Gasteiger partial charge in [-0.1, -0.05) is 0 Å². The number of nitrogens with two attached hydrogens (primary N) is 1. The third-order valence-electron chi connectivity index (χ3n) is 2.69. The number of nitrogens with one attached hydrogen (secondary N) is 1. The molecule has 0 atom stereocenters. The molecular weight excluding hydrogens is 282 g/mol. The standard InChI is InChI=1S/C12H19N3O4S/c1-15(2)20(17,18)7-6-14-12(16)9-4-5-11(19-3)10(13)8-9/h4-5,8H,6-7,13H2,1-3H3,(H,14,16). The fourth-order valence-electron chi connectivity index (χ4n) is 1.45. The van der Waals surface area contributed by atoms with Gasteiger partial charge in [0.1, 0.15) is 5.75 Å². The molecule has 0 aliphatic rings. The van der Waals surface area contributed by atoms with Gasteiger partial charge in [0.15, 0.2) is 0 Å². The summed E-state index contributed by atoms with van der Waals surface area (Å²) in [6, 6.07) is 4.63. The van der Waals surface area contributed by atoms with Gasteiger partial charge in [-0.25, -0.2) is 12.7 Å². The van der Waals surface area contributed by atoms with Crippen molar-refractivity contribution in [2.45, 2.75) is 0 Å². The summed E-state index contributed by atoms with van der Waals surface area (Å²) in [6.07, 6.45) is 0. The Hall–Kier alpha value is -1.80. The van der Waals surface area contributed by atoms with Gasteiger partial charge in [0.25, 0.3) is 5.91 Å². The van der Waals surface area contributed by atoms with E-state index in [1.807, 2.05) is 0 Å². The molecule has 0 saturated carbocycles. The highest BCUT2D eigenvalue weighted by Gasteiger charge is 2.14. The molecule has 1 amide bonds. The zero-order valence-corrected chi connectivity index (χ0v) is 12.5. The Labute approximate surface area is 118 Å². The molecule has 0 aliphatic carbocycles. The minimum Gasteiger partial charge on any atom is -0.495 e. The van der Waals surface area contributed by atoms with Crippen LogP contribution in [0.15, 0.2) is 18.2 Å². The van der Waals surface area contributed by atoms with E-state index in [1.165, 1.54) is 27.3 Å². The quantitative estimate of drug-likeness (QED) is 0.714. The van der Waals surface area contributed by atoms with E-state index in [9.17, 15) is 13.2 Å².